The molecule has 0 saturated carbocycles. The van der Waals surface area contributed by atoms with E-state index in [0.717, 1.165) is 21.9 Å². The lowest BCUT2D eigenvalue weighted by atomic mass is 9.90. The highest BCUT2D eigenvalue weighted by molar-refractivity contribution is 5.89. The van der Waals surface area contributed by atoms with Gasteiger partial charge in [0.05, 0.1) is 6.04 Å². The molecule has 0 saturated heterocycles. The Morgan fingerprint density at radius 1 is 0.613 bits per heavy atom. The van der Waals surface area contributed by atoms with Crippen molar-refractivity contribution in [1.29, 1.82) is 0 Å². The van der Waals surface area contributed by atoms with Crippen LogP contribution < -0.4 is 5.32 Å². The van der Waals surface area contributed by atoms with Crippen molar-refractivity contribution < 1.29 is 5.11 Å². The van der Waals surface area contributed by atoms with Crippen LogP contribution in [0.15, 0.2) is 109 Å². The second-order valence-corrected chi connectivity index (χ2v) is 8.06. The Hall–Kier alpha value is -3.62. The van der Waals surface area contributed by atoms with E-state index in [2.05, 4.69) is 91.1 Å². The highest BCUT2D eigenvalue weighted by Gasteiger charge is 2.23. The number of benzene rings is 5. The van der Waals surface area contributed by atoms with E-state index in [1.54, 1.807) is 6.07 Å². The zero-order valence-corrected chi connectivity index (χ0v) is 17.5. The highest BCUT2D eigenvalue weighted by Crippen LogP contribution is 2.38. The van der Waals surface area contributed by atoms with E-state index < -0.39 is 0 Å². The Labute approximate surface area is 182 Å². The minimum Gasteiger partial charge on any atom is -0.508 e. The molecule has 0 spiro atoms. The van der Waals surface area contributed by atoms with Crippen molar-refractivity contribution in [1.82, 2.24) is 5.32 Å². The molecule has 2 atom stereocenters. The molecule has 0 aliphatic rings. The maximum absolute atomic E-state index is 11.0. The molecule has 0 radical (unpaired) electrons. The van der Waals surface area contributed by atoms with Gasteiger partial charge in [-0.05, 0) is 51.7 Å². The van der Waals surface area contributed by atoms with Gasteiger partial charge in [0.1, 0.15) is 5.75 Å². The molecule has 2 heteroatoms. The zero-order valence-electron chi connectivity index (χ0n) is 17.5. The normalized spacial score (nSPS) is 13.3. The Balaban J connectivity index is 1.68. The van der Waals surface area contributed by atoms with E-state index in [1.165, 1.54) is 16.3 Å². The van der Waals surface area contributed by atoms with Gasteiger partial charge in [-0.3, -0.25) is 5.32 Å². The summed E-state index contributed by atoms with van der Waals surface area (Å²) in [6, 6.07) is 37.4. The molecule has 5 rings (SSSR count). The lowest BCUT2D eigenvalue weighted by Crippen LogP contribution is -2.26. The average molecular weight is 404 g/mol. The second-order valence-electron chi connectivity index (χ2n) is 8.06. The zero-order chi connectivity index (χ0) is 21.2. The van der Waals surface area contributed by atoms with Crippen LogP contribution in [-0.2, 0) is 0 Å². The first-order valence-corrected chi connectivity index (χ1v) is 10.7. The molecule has 2 nitrogen and oxygen atoms in total. The molecular weight excluding hydrogens is 378 g/mol. The molecule has 0 aliphatic carbocycles. The van der Waals surface area contributed by atoms with Crippen molar-refractivity contribution in [2.24, 2.45) is 0 Å². The van der Waals surface area contributed by atoms with E-state index in [9.17, 15) is 5.11 Å². The summed E-state index contributed by atoms with van der Waals surface area (Å²) in [5, 5.41) is 19.4. The smallest absolute Gasteiger partial charge is 0.121 e. The highest BCUT2D eigenvalue weighted by atomic mass is 16.3. The third kappa shape index (κ3) is 3.78. The van der Waals surface area contributed by atoms with Gasteiger partial charge < -0.3 is 5.11 Å². The summed E-state index contributed by atoms with van der Waals surface area (Å²) in [7, 11) is 0. The van der Waals surface area contributed by atoms with Gasteiger partial charge in [-0.15, -0.1) is 0 Å². The number of hydrogen-bond acceptors (Lipinski definition) is 2. The molecule has 0 unspecified atom stereocenters. The predicted molar refractivity (Wildman–Crippen MR) is 129 cm³/mol. The fraction of sp³-hybridized carbons (Fsp3) is 0.103. The van der Waals surface area contributed by atoms with E-state index in [-0.39, 0.29) is 12.1 Å². The van der Waals surface area contributed by atoms with Gasteiger partial charge in [0, 0.05) is 11.6 Å². The Morgan fingerprint density at radius 3 is 2.06 bits per heavy atom. The van der Waals surface area contributed by atoms with Crippen molar-refractivity contribution in [2.75, 3.05) is 0 Å². The standard InChI is InChI=1S/C29H25NO/c1-20(21-9-3-2-4-10-21)30-29(25-16-15-22-11-5-6-13-24(22)19-25)28-26-14-8-7-12-23(26)17-18-27(28)31/h2-20,29-31H,1H3/t20-,29-/m1/s1. The minimum absolute atomic E-state index is 0.107. The summed E-state index contributed by atoms with van der Waals surface area (Å²) in [5.74, 6) is 0.310. The fourth-order valence-corrected chi connectivity index (χ4v) is 4.41. The molecule has 0 aliphatic heterocycles. The third-order valence-corrected chi connectivity index (χ3v) is 6.06. The van der Waals surface area contributed by atoms with Gasteiger partial charge in [-0.1, -0.05) is 97.1 Å². The summed E-state index contributed by atoms with van der Waals surface area (Å²) in [6.07, 6.45) is 0. The van der Waals surface area contributed by atoms with Gasteiger partial charge in [0.2, 0.25) is 0 Å². The first-order chi connectivity index (χ1) is 15.2. The second kappa shape index (κ2) is 8.25. The number of fused-ring (bicyclic) bond motifs is 2. The van der Waals surface area contributed by atoms with Gasteiger partial charge in [0.25, 0.3) is 0 Å². The molecule has 0 amide bonds. The Kier molecular flexibility index (Phi) is 5.15. The summed E-state index contributed by atoms with van der Waals surface area (Å²) in [5.41, 5.74) is 3.26. The van der Waals surface area contributed by atoms with Crippen LogP contribution in [0.25, 0.3) is 21.5 Å². The van der Waals surface area contributed by atoms with Crippen LogP contribution in [0.4, 0.5) is 0 Å². The van der Waals surface area contributed by atoms with Gasteiger partial charge in [-0.2, -0.15) is 0 Å². The number of aromatic hydroxyl groups is 1. The van der Waals surface area contributed by atoms with Crippen molar-refractivity contribution in [2.45, 2.75) is 19.0 Å². The molecule has 0 aromatic heterocycles. The van der Waals surface area contributed by atoms with E-state index in [4.69, 9.17) is 0 Å². The van der Waals surface area contributed by atoms with Crippen LogP contribution in [0, 0.1) is 0 Å². The Bertz CT molecular complexity index is 1340. The van der Waals surface area contributed by atoms with Crippen LogP contribution in [0.5, 0.6) is 5.75 Å². The van der Waals surface area contributed by atoms with Crippen LogP contribution >= 0.6 is 0 Å². The number of phenols is 1. The van der Waals surface area contributed by atoms with E-state index in [0.29, 0.717) is 5.75 Å². The average Bonchev–Trinajstić information content (AvgIpc) is 2.83. The number of hydrogen-bond donors (Lipinski definition) is 2. The molecule has 152 valence electrons. The molecule has 5 aromatic carbocycles. The largest absolute Gasteiger partial charge is 0.508 e. The van der Waals surface area contributed by atoms with E-state index >= 15 is 0 Å². The molecule has 0 heterocycles. The maximum atomic E-state index is 11.0. The van der Waals surface area contributed by atoms with Crippen LogP contribution in [0.3, 0.4) is 0 Å². The molecule has 5 aromatic rings. The Morgan fingerprint density at radius 2 is 1.26 bits per heavy atom. The molecular formula is C29H25NO. The first kappa shape index (κ1) is 19.3. The third-order valence-electron chi connectivity index (χ3n) is 6.06. The topological polar surface area (TPSA) is 32.3 Å². The fourth-order valence-electron chi connectivity index (χ4n) is 4.41. The van der Waals surface area contributed by atoms with Crippen LogP contribution in [0.2, 0.25) is 0 Å². The lowest BCUT2D eigenvalue weighted by Gasteiger charge is -2.27. The SMILES string of the molecule is C[C@@H](N[C@H](c1ccc2ccccc2c1)c1c(O)ccc2ccccc12)c1ccccc1. The molecule has 2 N–H and O–H groups in total. The van der Waals surface area contributed by atoms with Crippen molar-refractivity contribution >= 4 is 21.5 Å². The molecule has 0 bridgehead atoms. The summed E-state index contributed by atoms with van der Waals surface area (Å²) >= 11 is 0. The number of rotatable bonds is 5. The van der Waals surface area contributed by atoms with Crippen molar-refractivity contribution in [3.05, 3.63) is 126 Å². The number of nitrogens with one attached hydrogen (secondary N) is 1. The summed E-state index contributed by atoms with van der Waals surface area (Å²) in [4.78, 5) is 0. The van der Waals surface area contributed by atoms with Crippen molar-refractivity contribution in [3.8, 4) is 5.75 Å². The lowest BCUT2D eigenvalue weighted by molar-refractivity contribution is 0.449. The molecule has 31 heavy (non-hydrogen) atoms. The van der Waals surface area contributed by atoms with Crippen LogP contribution in [-0.4, -0.2) is 5.11 Å². The summed E-state index contributed by atoms with van der Waals surface area (Å²) in [6.45, 7) is 2.17. The maximum Gasteiger partial charge on any atom is 0.121 e. The van der Waals surface area contributed by atoms with E-state index in [1.807, 2.05) is 24.3 Å². The predicted octanol–water partition coefficient (Wildman–Crippen LogP) is 7.14. The monoisotopic (exact) mass is 403 g/mol. The van der Waals surface area contributed by atoms with Crippen LogP contribution in [0.1, 0.15) is 35.7 Å². The number of phenolic OH excluding ortho intramolecular Hbond substituents is 1. The van der Waals surface area contributed by atoms with Gasteiger partial charge in [0.15, 0.2) is 0 Å². The van der Waals surface area contributed by atoms with Crippen molar-refractivity contribution in [3.63, 3.8) is 0 Å². The first-order valence-electron chi connectivity index (χ1n) is 10.7. The minimum atomic E-state index is -0.161. The summed E-state index contributed by atoms with van der Waals surface area (Å²) < 4.78 is 0. The van der Waals surface area contributed by atoms with Gasteiger partial charge >= 0.3 is 0 Å². The van der Waals surface area contributed by atoms with Gasteiger partial charge in [-0.25, -0.2) is 0 Å². The quantitative estimate of drug-likeness (QED) is 0.327. The molecule has 0 fully saturated rings.